The molecule has 1 N–H and O–H groups in total. The zero-order chi connectivity index (χ0) is 15.1. The second-order valence-corrected chi connectivity index (χ2v) is 5.63. The van der Waals surface area contributed by atoms with Crippen LogP contribution >= 0.6 is 23.2 Å². The number of ether oxygens (including phenoxy) is 1. The van der Waals surface area contributed by atoms with Crippen molar-refractivity contribution in [2.75, 3.05) is 11.9 Å². The van der Waals surface area contributed by atoms with Crippen molar-refractivity contribution < 1.29 is 4.74 Å². The lowest BCUT2D eigenvalue weighted by atomic mass is 10.2. The Balaban J connectivity index is 2.02. The predicted octanol–water partition coefficient (Wildman–Crippen LogP) is 5.78. The summed E-state index contributed by atoms with van der Waals surface area (Å²) in [6.07, 6.45) is 2.19. The number of nitrogens with one attached hydrogen (secondary N) is 1. The predicted molar refractivity (Wildman–Crippen MR) is 90.6 cm³/mol. The van der Waals surface area contributed by atoms with Crippen molar-refractivity contribution >= 4 is 28.9 Å². The van der Waals surface area contributed by atoms with E-state index in [2.05, 4.69) is 18.3 Å². The van der Waals surface area contributed by atoms with Gasteiger partial charge in [-0.2, -0.15) is 0 Å². The Hall–Kier alpha value is -1.38. The quantitative estimate of drug-likeness (QED) is 0.651. The molecule has 0 fully saturated rings. The summed E-state index contributed by atoms with van der Waals surface area (Å²) >= 11 is 12.1. The van der Waals surface area contributed by atoms with E-state index in [1.54, 1.807) is 6.07 Å². The lowest BCUT2D eigenvalue weighted by Gasteiger charge is -2.13. The summed E-state index contributed by atoms with van der Waals surface area (Å²) in [5.41, 5.74) is 1.98. The highest BCUT2D eigenvalue weighted by atomic mass is 35.5. The summed E-state index contributed by atoms with van der Waals surface area (Å²) in [6, 6.07) is 13.5. The molecule has 0 saturated heterocycles. The van der Waals surface area contributed by atoms with Crippen LogP contribution < -0.4 is 10.1 Å². The molecule has 4 heteroatoms. The maximum absolute atomic E-state index is 6.16. The molecule has 2 aromatic carbocycles. The third-order valence-electron chi connectivity index (χ3n) is 3.13. The van der Waals surface area contributed by atoms with Crippen molar-refractivity contribution in [3.05, 3.63) is 58.1 Å². The average molecular weight is 324 g/mol. The van der Waals surface area contributed by atoms with E-state index in [1.807, 2.05) is 30.3 Å². The van der Waals surface area contributed by atoms with E-state index in [0.29, 0.717) is 16.6 Å². The largest absolute Gasteiger partial charge is 0.493 e. The van der Waals surface area contributed by atoms with Crippen LogP contribution in [0.5, 0.6) is 5.75 Å². The van der Waals surface area contributed by atoms with Gasteiger partial charge in [-0.25, -0.2) is 0 Å². The molecule has 0 spiro atoms. The average Bonchev–Trinajstić information content (AvgIpc) is 2.48. The lowest BCUT2D eigenvalue weighted by Crippen LogP contribution is -2.04. The molecule has 21 heavy (non-hydrogen) atoms. The van der Waals surface area contributed by atoms with E-state index in [1.165, 1.54) is 0 Å². The minimum atomic E-state index is 0.617. The van der Waals surface area contributed by atoms with E-state index < -0.39 is 0 Å². The molecule has 0 heterocycles. The van der Waals surface area contributed by atoms with Crippen LogP contribution in [0.3, 0.4) is 0 Å². The fourth-order valence-corrected chi connectivity index (χ4v) is 2.42. The standard InChI is InChI=1S/C17H19Cl2NO/c1-2-3-10-21-17-7-5-4-6-13(17)12-20-16-9-8-14(18)11-15(16)19/h4-9,11,20H,2-3,10,12H2,1H3. The smallest absolute Gasteiger partial charge is 0.124 e. The number of anilines is 1. The highest BCUT2D eigenvalue weighted by Crippen LogP contribution is 2.27. The van der Waals surface area contributed by atoms with Crippen LogP contribution in [0.1, 0.15) is 25.3 Å². The second-order valence-electron chi connectivity index (χ2n) is 4.79. The fraction of sp³-hybridized carbons (Fsp3) is 0.294. The summed E-state index contributed by atoms with van der Waals surface area (Å²) in [7, 11) is 0. The Morgan fingerprint density at radius 1 is 1.10 bits per heavy atom. The molecule has 0 atom stereocenters. The molecule has 0 bridgehead atoms. The summed E-state index contributed by atoms with van der Waals surface area (Å²) in [4.78, 5) is 0. The lowest BCUT2D eigenvalue weighted by molar-refractivity contribution is 0.306. The summed E-state index contributed by atoms with van der Waals surface area (Å²) in [5, 5.41) is 4.57. The molecule has 0 aliphatic rings. The molecular weight excluding hydrogens is 305 g/mol. The molecule has 0 aliphatic carbocycles. The normalized spacial score (nSPS) is 10.4. The molecule has 112 valence electrons. The van der Waals surface area contributed by atoms with Crippen molar-refractivity contribution in [2.45, 2.75) is 26.3 Å². The first kappa shape index (κ1) is 16.0. The molecule has 0 amide bonds. The van der Waals surface area contributed by atoms with Crippen molar-refractivity contribution in [3.8, 4) is 5.75 Å². The van der Waals surface area contributed by atoms with Gasteiger partial charge in [0.15, 0.2) is 0 Å². The minimum absolute atomic E-state index is 0.617. The highest BCUT2D eigenvalue weighted by Gasteiger charge is 2.05. The molecule has 0 aliphatic heterocycles. The van der Waals surface area contributed by atoms with Gasteiger partial charge in [0.2, 0.25) is 0 Å². The number of hydrogen-bond acceptors (Lipinski definition) is 2. The first-order chi connectivity index (χ1) is 10.2. The first-order valence-electron chi connectivity index (χ1n) is 7.10. The Labute approximate surface area is 136 Å². The van der Waals surface area contributed by atoms with Gasteiger partial charge >= 0.3 is 0 Å². The summed E-state index contributed by atoms with van der Waals surface area (Å²) in [5.74, 6) is 0.920. The Morgan fingerprint density at radius 3 is 2.67 bits per heavy atom. The Bertz CT molecular complexity index is 587. The number of para-hydroxylation sites is 1. The van der Waals surface area contributed by atoms with Crippen LogP contribution in [0.4, 0.5) is 5.69 Å². The number of hydrogen-bond donors (Lipinski definition) is 1. The SMILES string of the molecule is CCCCOc1ccccc1CNc1ccc(Cl)cc1Cl. The fourth-order valence-electron chi connectivity index (χ4n) is 1.94. The molecule has 0 radical (unpaired) electrons. The topological polar surface area (TPSA) is 21.3 Å². The molecule has 0 aromatic heterocycles. The molecule has 2 rings (SSSR count). The maximum Gasteiger partial charge on any atom is 0.124 e. The van der Waals surface area contributed by atoms with Crippen LogP contribution in [-0.2, 0) is 6.54 Å². The van der Waals surface area contributed by atoms with E-state index in [0.717, 1.165) is 36.4 Å². The van der Waals surface area contributed by atoms with E-state index in [4.69, 9.17) is 27.9 Å². The summed E-state index contributed by atoms with van der Waals surface area (Å²) in [6.45, 7) is 3.55. The summed E-state index contributed by atoms with van der Waals surface area (Å²) < 4.78 is 5.82. The van der Waals surface area contributed by atoms with Gasteiger partial charge in [-0.3, -0.25) is 0 Å². The third-order valence-corrected chi connectivity index (χ3v) is 3.68. The van der Waals surface area contributed by atoms with Crippen LogP contribution in [0.2, 0.25) is 10.0 Å². The van der Waals surface area contributed by atoms with Crippen LogP contribution in [0.15, 0.2) is 42.5 Å². The molecule has 2 aromatic rings. The van der Waals surface area contributed by atoms with Crippen molar-refractivity contribution in [1.82, 2.24) is 0 Å². The Morgan fingerprint density at radius 2 is 1.90 bits per heavy atom. The third kappa shape index (κ3) is 4.83. The number of rotatable bonds is 7. The maximum atomic E-state index is 6.16. The second kappa shape index (κ2) is 8.16. The van der Waals surface area contributed by atoms with Gasteiger partial charge in [0, 0.05) is 17.1 Å². The van der Waals surface area contributed by atoms with Crippen molar-refractivity contribution in [1.29, 1.82) is 0 Å². The first-order valence-corrected chi connectivity index (χ1v) is 7.86. The zero-order valence-corrected chi connectivity index (χ0v) is 13.5. The van der Waals surface area contributed by atoms with Crippen molar-refractivity contribution in [2.24, 2.45) is 0 Å². The molecule has 0 unspecified atom stereocenters. The van der Waals surface area contributed by atoms with Crippen LogP contribution in [0.25, 0.3) is 0 Å². The number of unbranched alkanes of at least 4 members (excludes halogenated alkanes) is 1. The Kier molecular flexibility index (Phi) is 6.21. The van der Waals surface area contributed by atoms with Gasteiger partial charge in [0.05, 0.1) is 17.3 Å². The van der Waals surface area contributed by atoms with Crippen molar-refractivity contribution in [3.63, 3.8) is 0 Å². The van der Waals surface area contributed by atoms with Gasteiger partial charge in [-0.05, 0) is 30.7 Å². The van der Waals surface area contributed by atoms with Crippen LogP contribution in [0, 0.1) is 0 Å². The van der Waals surface area contributed by atoms with Gasteiger partial charge in [0.25, 0.3) is 0 Å². The van der Waals surface area contributed by atoms with E-state index in [9.17, 15) is 0 Å². The van der Waals surface area contributed by atoms with Gasteiger partial charge < -0.3 is 10.1 Å². The minimum Gasteiger partial charge on any atom is -0.493 e. The number of halogens is 2. The number of benzene rings is 2. The zero-order valence-electron chi connectivity index (χ0n) is 12.0. The molecule has 2 nitrogen and oxygen atoms in total. The van der Waals surface area contributed by atoms with Gasteiger partial charge in [-0.1, -0.05) is 54.7 Å². The van der Waals surface area contributed by atoms with Crippen LogP contribution in [-0.4, -0.2) is 6.61 Å². The molecule has 0 saturated carbocycles. The van der Waals surface area contributed by atoms with Gasteiger partial charge in [-0.15, -0.1) is 0 Å². The van der Waals surface area contributed by atoms with Gasteiger partial charge in [0.1, 0.15) is 5.75 Å². The molecular formula is C17H19Cl2NO. The highest BCUT2D eigenvalue weighted by molar-refractivity contribution is 6.36. The monoisotopic (exact) mass is 323 g/mol. The van der Waals surface area contributed by atoms with E-state index in [-0.39, 0.29) is 0 Å². The van der Waals surface area contributed by atoms with E-state index >= 15 is 0 Å².